The van der Waals surface area contributed by atoms with Gasteiger partial charge in [-0.05, 0) is 17.7 Å². The van der Waals surface area contributed by atoms with E-state index in [9.17, 15) is 10.1 Å². The lowest BCUT2D eigenvalue weighted by Gasteiger charge is -2.35. The van der Waals surface area contributed by atoms with E-state index in [1.807, 2.05) is 36.5 Å². The first-order chi connectivity index (χ1) is 14.2. The second kappa shape index (κ2) is 8.87. The van der Waals surface area contributed by atoms with Gasteiger partial charge >= 0.3 is 0 Å². The van der Waals surface area contributed by atoms with E-state index in [0.29, 0.717) is 0 Å². The highest BCUT2D eigenvalue weighted by Gasteiger charge is 2.18. The molecule has 0 unspecified atom stereocenters. The summed E-state index contributed by atoms with van der Waals surface area (Å²) >= 11 is 0. The van der Waals surface area contributed by atoms with E-state index in [2.05, 4.69) is 26.9 Å². The SMILES string of the molecule is O=[N+]([O-])c1ccc(N2CCN(CCc3ncc(Cc4ccccc4)o3)CC2)cc1. The minimum Gasteiger partial charge on any atom is -0.445 e. The molecule has 0 aliphatic carbocycles. The molecule has 0 amide bonds. The molecule has 0 bridgehead atoms. The number of oxazole rings is 1. The summed E-state index contributed by atoms with van der Waals surface area (Å²) in [5, 5.41) is 10.8. The number of rotatable bonds is 7. The van der Waals surface area contributed by atoms with Gasteiger partial charge in [-0.25, -0.2) is 4.98 Å². The van der Waals surface area contributed by atoms with Crippen LogP contribution in [-0.4, -0.2) is 47.5 Å². The number of hydrogen-bond acceptors (Lipinski definition) is 6. The van der Waals surface area contributed by atoms with Crippen LogP contribution in [0.25, 0.3) is 0 Å². The Hall–Kier alpha value is -3.19. The van der Waals surface area contributed by atoms with Crippen molar-refractivity contribution in [3.8, 4) is 0 Å². The van der Waals surface area contributed by atoms with Gasteiger partial charge in [-0.15, -0.1) is 0 Å². The van der Waals surface area contributed by atoms with Crippen LogP contribution in [0.4, 0.5) is 11.4 Å². The molecule has 1 aromatic heterocycles. The molecule has 7 nitrogen and oxygen atoms in total. The molecule has 0 N–H and O–H groups in total. The lowest BCUT2D eigenvalue weighted by Crippen LogP contribution is -2.47. The molecule has 0 radical (unpaired) electrons. The summed E-state index contributed by atoms with van der Waals surface area (Å²) in [5.74, 6) is 1.68. The third-order valence-corrected chi connectivity index (χ3v) is 5.26. The number of piperazine rings is 1. The maximum atomic E-state index is 10.8. The van der Waals surface area contributed by atoms with Gasteiger partial charge < -0.3 is 9.32 Å². The normalized spacial score (nSPS) is 14.8. The quantitative estimate of drug-likeness (QED) is 0.452. The van der Waals surface area contributed by atoms with Gasteiger partial charge in [0.2, 0.25) is 0 Å². The predicted molar refractivity (Wildman–Crippen MR) is 111 cm³/mol. The van der Waals surface area contributed by atoms with Crippen molar-refractivity contribution in [1.29, 1.82) is 0 Å². The van der Waals surface area contributed by atoms with Crippen LogP contribution in [-0.2, 0) is 12.8 Å². The molecule has 0 saturated carbocycles. The lowest BCUT2D eigenvalue weighted by molar-refractivity contribution is -0.384. The average Bonchev–Trinajstić information content (AvgIpc) is 3.21. The van der Waals surface area contributed by atoms with Crippen molar-refractivity contribution in [3.05, 3.63) is 88.1 Å². The van der Waals surface area contributed by atoms with Crippen LogP contribution in [0.1, 0.15) is 17.2 Å². The Morgan fingerprint density at radius 1 is 1.00 bits per heavy atom. The second-order valence-corrected chi connectivity index (χ2v) is 7.23. The van der Waals surface area contributed by atoms with Crippen molar-refractivity contribution >= 4 is 11.4 Å². The van der Waals surface area contributed by atoms with E-state index < -0.39 is 0 Å². The van der Waals surface area contributed by atoms with Crippen LogP contribution >= 0.6 is 0 Å². The van der Waals surface area contributed by atoms with Crippen LogP contribution in [0.3, 0.4) is 0 Å². The maximum absolute atomic E-state index is 10.8. The molecule has 29 heavy (non-hydrogen) atoms. The molecule has 1 fully saturated rings. The first kappa shape index (κ1) is 19.1. The molecule has 1 saturated heterocycles. The smallest absolute Gasteiger partial charge is 0.269 e. The zero-order valence-corrected chi connectivity index (χ0v) is 16.2. The van der Waals surface area contributed by atoms with Crippen LogP contribution < -0.4 is 4.90 Å². The average molecular weight is 392 g/mol. The Morgan fingerprint density at radius 3 is 2.41 bits per heavy atom. The topological polar surface area (TPSA) is 75.7 Å². The van der Waals surface area contributed by atoms with Crippen LogP contribution in [0.2, 0.25) is 0 Å². The van der Waals surface area contributed by atoms with E-state index in [-0.39, 0.29) is 10.6 Å². The van der Waals surface area contributed by atoms with E-state index in [1.165, 1.54) is 5.56 Å². The molecule has 2 heterocycles. The summed E-state index contributed by atoms with van der Waals surface area (Å²) in [4.78, 5) is 19.5. The number of benzene rings is 2. The molecule has 0 spiro atoms. The molecule has 1 aliphatic heterocycles. The molecular formula is C22H24N4O3. The van der Waals surface area contributed by atoms with Gasteiger partial charge in [-0.1, -0.05) is 30.3 Å². The van der Waals surface area contributed by atoms with Gasteiger partial charge in [-0.3, -0.25) is 15.0 Å². The summed E-state index contributed by atoms with van der Waals surface area (Å²) in [6.07, 6.45) is 3.39. The summed E-state index contributed by atoms with van der Waals surface area (Å²) < 4.78 is 5.90. The number of nitro groups is 1. The highest BCUT2D eigenvalue weighted by atomic mass is 16.6. The van der Waals surface area contributed by atoms with Crippen LogP contribution in [0.15, 0.2) is 65.2 Å². The standard InChI is InChI=1S/C22H24N4O3/c27-26(28)20-8-6-19(7-9-20)25-14-12-24(13-15-25)11-10-22-23-17-21(29-22)16-18-4-2-1-3-5-18/h1-9,17H,10-16H2. The fraction of sp³-hybridized carbons (Fsp3) is 0.318. The number of anilines is 1. The van der Waals surface area contributed by atoms with E-state index in [0.717, 1.165) is 62.9 Å². The highest BCUT2D eigenvalue weighted by molar-refractivity contribution is 5.51. The van der Waals surface area contributed by atoms with Gasteiger partial charge in [0.1, 0.15) is 5.76 Å². The molecule has 150 valence electrons. The molecule has 2 aromatic carbocycles. The zero-order valence-electron chi connectivity index (χ0n) is 16.2. The summed E-state index contributed by atoms with van der Waals surface area (Å²) in [7, 11) is 0. The number of non-ortho nitro benzene ring substituents is 1. The fourth-order valence-electron chi connectivity index (χ4n) is 3.61. The number of aromatic nitrogens is 1. The molecule has 3 aromatic rings. The summed E-state index contributed by atoms with van der Waals surface area (Å²) in [5.41, 5.74) is 2.39. The maximum Gasteiger partial charge on any atom is 0.269 e. The first-order valence-corrected chi connectivity index (χ1v) is 9.86. The van der Waals surface area contributed by atoms with Crippen LogP contribution in [0.5, 0.6) is 0 Å². The number of hydrogen-bond donors (Lipinski definition) is 0. The number of nitro benzene ring substituents is 1. The third-order valence-electron chi connectivity index (χ3n) is 5.26. The molecule has 0 atom stereocenters. The Balaban J connectivity index is 1.23. The van der Waals surface area contributed by atoms with E-state index in [1.54, 1.807) is 12.1 Å². The van der Waals surface area contributed by atoms with E-state index in [4.69, 9.17) is 4.42 Å². The van der Waals surface area contributed by atoms with Crippen molar-refractivity contribution in [1.82, 2.24) is 9.88 Å². The van der Waals surface area contributed by atoms with Crippen molar-refractivity contribution in [2.45, 2.75) is 12.8 Å². The van der Waals surface area contributed by atoms with Crippen LogP contribution in [0, 0.1) is 10.1 Å². The number of nitrogens with zero attached hydrogens (tertiary/aromatic N) is 4. The van der Waals surface area contributed by atoms with Crippen molar-refractivity contribution in [3.63, 3.8) is 0 Å². The van der Waals surface area contributed by atoms with Gasteiger partial charge in [0.25, 0.3) is 5.69 Å². The fourth-order valence-corrected chi connectivity index (χ4v) is 3.61. The monoisotopic (exact) mass is 392 g/mol. The highest BCUT2D eigenvalue weighted by Crippen LogP contribution is 2.21. The van der Waals surface area contributed by atoms with Gasteiger partial charge in [0.15, 0.2) is 5.89 Å². The van der Waals surface area contributed by atoms with E-state index >= 15 is 0 Å². The minimum absolute atomic E-state index is 0.130. The Labute approximate surface area is 169 Å². The lowest BCUT2D eigenvalue weighted by atomic mass is 10.1. The zero-order chi connectivity index (χ0) is 20.1. The summed E-state index contributed by atoms with van der Waals surface area (Å²) in [6, 6.07) is 17.0. The minimum atomic E-state index is -0.365. The first-order valence-electron chi connectivity index (χ1n) is 9.86. The largest absolute Gasteiger partial charge is 0.445 e. The Kier molecular flexibility index (Phi) is 5.86. The molecular weight excluding hydrogens is 368 g/mol. The van der Waals surface area contributed by atoms with Crippen molar-refractivity contribution < 1.29 is 9.34 Å². The van der Waals surface area contributed by atoms with Gasteiger partial charge in [-0.2, -0.15) is 0 Å². The Morgan fingerprint density at radius 2 is 1.72 bits per heavy atom. The third kappa shape index (κ3) is 5.00. The Bertz CT molecular complexity index is 932. The summed E-state index contributed by atoms with van der Waals surface area (Å²) in [6.45, 7) is 4.63. The van der Waals surface area contributed by atoms with Crippen molar-refractivity contribution in [2.75, 3.05) is 37.6 Å². The van der Waals surface area contributed by atoms with Crippen molar-refractivity contribution in [2.24, 2.45) is 0 Å². The molecule has 4 rings (SSSR count). The van der Waals surface area contributed by atoms with Gasteiger partial charge in [0, 0.05) is 63.4 Å². The molecule has 1 aliphatic rings. The molecule has 7 heteroatoms. The van der Waals surface area contributed by atoms with Gasteiger partial charge in [0.05, 0.1) is 11.1 Å². The second-order valence-electron chi connectivity index (χ2n) is 7.23. The predicted octanol–water partition coefficient (Wildman–Crippen LogP) is 3.54.